The second-order valence-electron chi connectivity index (χ2n) is 4.77. The van der Waals surface area contributed by atoms with E-state index in [1.54, 1.807) is 0 Å². The van der Waals surface area contributed by atoms with Crippen LogP contribution in [0.2, 0.25) is 0 Å². The zero-order chi connectivity index (χ0) is 11.9. The first-order chi connectivity index (χ1) is 7.39. The zero-order valence-electron chi connectivity index (χ0n) is 9.98. The number of anilines is 1. The van der Waals surface area contributed by atoms with Crippen molar-refractivity contribution in [2.24, 2.45) is 0 Å². The summed E-state index contributed by atoms with van der Waals surface area (Å²) in [5.41, 5.74) is 4.36. The van der Waals surface area contributed by atoms with Gasteiger partial charge in [-0.05, 0) is 31.9 Å². The normalized spacial score (nSPS) is 19.2. The van der Waals surface area contributed by atoms with Crippen LogP contribution in [-0.2, 0) is 0 Å². The van der Waals surface area contributed by atoms with Crippen LogP contribution in [0.4, 0.5) is 14.5 Å². The van der Waals surface area contributed by atoms with Gasteiger partial charge >= 0.3 is 0 Å². The Hall–Kier alpha value is -1.12. The van der Waals surface area contributed by atoms with Crippen LogP contribution < -0.4 is 4.90 Å². The van der Waals surface area contributed by atoms with Crippen LogP contribution in [0.15, 0.2) is 12.1 Å². The van der Waals surface area contributed by atoms with Gasteiger partial charge in [-0.15, -0.1) is 0 Å². The fourth-order valence-electron chi connectivity index (χ4n) is 2.60. The van der Waals surface area contributed by atoms with Crippen LogP contribution in [-0.4, -0.2) is 19.0 Å². The molecule has 1 heterocycles. The molecule has 0 bridgehead atoms. The predicted octanol–water partition coefficient (Wildman–Crippen LogP) is 3.46. The third-order valence-corrected chi connectivity index (χ3v) is 3.12. The number of benzene rings is 1. The Kier molecular flexibility index (Phi) is 2.64. The Labute approximate surface area is 95.1 Å². The molecule has 0 saturated carbocycles. The van der Waals surface area contributed by atoms with Crippen molar-refractivity contribution in [3.8, 4) is 0 Å². The molecule has 2 rings (SSSR count). The monoisotopic (exact) mass is 225 g/mol. The van der Waals surface area contributed by atoms with E-state index in [0.717, 1.165) is 16.8 Å². The second kappa shape index (κ2) is 3.72. The summed E-state index contributed by atoms with van der Waals surface area (Å²) in [6, 6.07) is 4.11. The molecule has 1 aliphatic rings. The van der Waals surface area contributed by atoms with E-state index >= 15 is 0 Å². The highest BCUT2D eigenvalue weighted by atomic mass is 19.3. The van der Waals surface area contributed by atoms with Crippen molar-refractivity contribution < 1.29 is 8.78 Å². The van der Waals surface area contributed by atoms with Gasteiger partial charge in [0, 0.05) is 18.7 Å². The number of hydrogen-bond acceptors (Lipinski definition) is 1. The third-order valence-electron chi connectivity index (χ3n) is 3.12. The van der Waals surface area contributed by atoms with Crippen molar-refractivity contribution in [3.05, 3.63) is 28.8 Å². The minimum atomic E-state index is -2.52. The predicted molar refractivity (Wildman–Crippen MR) is 62.4 cm³/mol. The van der Waals surface area contributed by atoms with Crippen LogP contribution >= 0.6 is 0 Å². The number of rotatable bonds is 1. The number of aryl methyl sites for hydroxylation is 3. The number of alkyl halides is 2. The van der Waals surface area contributed by atoms with Crippen molar-refractivity contribution in [3.63, 3.8) is 0 Å². The molecule has 1 aromatic carbocycles. The van der Waals surface area contributed by atoms with E-state index < -0.39 is 5.92 Å². The molecule has 0 aromatic heterocycles. The largest absolute Gasteiger partial charge is 0.365 e. The number of halogens is 2. The molecule has 1 aromatic rings. The average molecular weight is 225 g/mol. The van der Waals surface area contributed by atoms with Gasteiger partial charge in [-0.25, -0.2) is 8.78 Å². The lowest BCUT2D eigenvalue weighted by atomic mass is 10.0. The maximum Gasteiger partial charge on any atom is 0.266 e. The van der Waals surface area contributed by atoms with Crippen LogP contribution in [0, 0.1) is 20.8 Å². The molecular weight excluding hydrogens is 208 g/mol. The molecule has 0 amide bonds. The summed E-state index contributed by atoms with van der Waals surface area (Å²) in [6.45, 7) is 6.33. The van der Waals surface area contributed by atoms with Crippen molar-refractivity contribution in [2.75, 3.05) is 18.0 Å². The van der Waals surface area contributed by atoms with E-state index in [-0.39, 0.29) is 13.0 Å². The first-order valence-electron chi connectivity index (χ1n) is 5.60. The molecule has 88 valence electrons. The molecule has 0 N–H and O–H groups in total. The van der Waals surface area contributed by atoms with Gasteiger partial charge in [-0.2, -0.15) is 0 Å². The van der Waals surface area contributed by atoms with E-state index in [2.05, 4.69) is 12.1 Å². The Morgan fingerprint density at radius 1 is 1.12 bits per heavy atom. The van der Waals surface area contributed by atoms with E-state index in [0.29, 0.717) is 6.54 Å². The van der Waals surface area contributed by atoms with E-state index in [1.807, 2.05) is 25.7 Å². The molecule has 1 saturated heterocycles. The molecule has 0 spiro atoms. The molecule has 0 atom stereocenters. The fraction of sp³-hybridized carbons (Fsp3) is 0.538. The second-order valence-corrected chi connectivity index (χ2v) is 4.77. The molecule has 1 aliphatic heterocycles. The Bertz CT molecular complexity index is 389. The van der Waals surface area contributed by atoms with Crippen LogP contribution in [0.25, 0.3) is 0 Å². The topological polar surface area (TPSA) is 3.24 Å². The number of hydrogen-bond donors (Lipinski definition) is 0. The van der Waals surface area contributed by atoms with Gasteiger partial charge in [0.2, 0.25) is 0 Å². The standard InChI is InChI=1S/C13H17F2N/c1-9-6-10(2)12(11(3)7-9)16-5-4-13(14,15)8-16/h6-7H,4-5,8H2,1-3H3. The first-order valence-corrected chi connectivity index (χ1v) is 5.60. The quantitative estimate of drug-likeness (QED) is 0.707. The molecule has 0 aliphatic carbocycles. The van der Waals surface area contributed by atoms with Crippen molar-refractivity contribution in [1.29, 1.82) is 0 Å². The fourth-order valence-corrected chi connectivity index (χ4v) is 2.60. The first kappa shape index (κ1) is 11.4. The molecule has 16 heavy (non-hydrogen) atoms. The highest BCUT2D eigenvalue weighted by Gasteiger charge is 2.38. The molecule has 0 unspecified atom stereocenters. The summed E-state index contributed by atoms with van der Waals surface area (Å²) < 4.78 is 26.4. The smallest absolute Gasteiger partial charge is 0.266 e. The van der Waals surface area contributed by atoms with Gasteiger partial charge in [-0.3, -0.25) is 0 Å². The average Bonchev–Trinajstić information content (AvgIpc) is 2.44. The summed E-state index contributed by atoms with van der Waals surface area (Å²) in [4.78, 5) is 1.81. The Morgan fingerprint density at radius 3 is 2.12 bits per heavy atom. The zero-order valence-corrected chi connectivity index (χ0v) is 9.98. The highest BCUT2D eigenvalue weighted by Crippen LogP contribution is 2.34. The van der Waals surface area contributed by atoms with Crippen molar-refractivity contribution in [1.82, 2.24) is 0 Å². The van der Waals surface area contributed by atoms with Crippen LogP contribution in [0.1, 0.15) is 23.1 Å². The lowest BCUT2D eigenvalue weighted by molar-refractivity contribution is 0.0257. The highest BCUT2D eigenvalue weighted by molar-refractivity contribution is 5.61. The van der Waals surface area contributed by atoms with Gasteiger partial charge in [0.05, 0.1) is 6.54 Å². The summed E-state index contributed by atoms with van der Waals surface area (Å²) in [5, 5.41) is 0. The van der Waals surface area contributed by atoms with Crippen LogP contribution in [0.5, 0.6) is 0 Å². The lowest BCUT2D eigenvalue weighted by Crippen LogP contribution is -2.26. The summed E-state index contributed by atoms with van der Waals surface area (Å²) in [7, 11) is 0. The van der Waals surface area contributed by atoms with Crippen molar-refractivity contribution >= 4 is 5.69 Å². The molecule has 1 nitrogen and oxygen atoms in total. The van der Waals surface area contributed by atoms with Gasteiger partial charge in [0.15, 0.2) is 0 Å². The summed E-state index contributed by atoms with van der Waals surface area (Å²) in [6.07, 6.45) is -0.0280. The molecule has 3 heteroatoms. The van der Waals surface area contributed by atoms with Gasteiger partial charge in [0.1, 0.15) is 0 Å². The minimum Gasteiger partial charge on any atom is -0.365 e. The van der Waals surface area contributed by atoms with Crippen LogP contribution in [0.3, 0.4) is 0 Å². The van der Waals surface area contributed by atoms with Gasteiger partial charge < -0.3 is 4.90 Å². The third kappa shape index (κ3) is 2.04. The molecule has 1 fully saturated rings. The summed E-state index contributed by atoms with van der Waals surface area (Å²) >= 11 is 0. The van der Waals surface area contributed by atoms with E-state index in [9.17, 15) is 8.78 Å². The van der Waals surface area contributed by atoms with E-state index in [4.69, 9.17) is 0 Å². The number of nitrogens with zero attached hydrogens (tertiary/aromatic N) is 1. The van der Waals surface area contributed by atoms with Gasteiger partial charge in [-0.1, -0.05) is 17.7 Å². The lowest BCUT2D eigenvalue weighted by Gasteiger charge is -2.23. The Morgan fingerprint density at radius 2 is 1.69 bits per heavy atom. The molecular formula is C13H17F2N. The maximum absolute atomic E-state index is 13.2. The van der Waals surface area contributed by atoms with E-state index in [1.165, 1.54) is 5.56 Å². The molecule has 0 radical (unpaired) electrons. The van der Waals surface area contributed by atoms with Gasteiger partial charge in [0.25, 0.3) is 5.92 Å². The minimum absolute atomic E-state index is 0.0280. The SMILES string of the molecule is Cc1cc(C)c(N2CCC(F)(F)C2)c(C)c1. The summed E-state index contributed by atoms with van der Waals surface area (Å²) in [5.74, 6) is -2.52. The Balaban J connectivity index is 2.35. The maximum atomic E-state index is 13.2. The van der Waals surface area contributed by atoms with Crippen molar-refractivity contribution in [2.45, 2.75) is 33.1 Å².